The molecule has 1 atom stereocenters. The summed E-state index contributed by atoms with van der Waals surface area (Å²) >= 11 is 1.79. The molecule has 0 saturated heterocycles. The molecule has 0 spiro atoms. The highest BCUT2D eigenvalue weighted by molar-refractivity contribution is 7.99. The fraction of sp³-hybridized carbons (Fsp3) is 0.571. The Morgan fingerprint density at radius 2 is 1.81 bits per heavy atom. The molecule has 0 heterocycles. The average Bonchev–Trinajstić information content (AvgIpc) is 2.27. The van der Waals surface area contributed by atoms with E-state index in [9.17, 15) is 5.11 Å². The van der Waals surface area contributed by atoms with Gasteiger partial charge in [0.15, 0.2) is 0 Å². The van der Waals surface area contributed by atoms with Crippen LogP contribution in [0.5, 0.6) is 0 Å². The van der Waals surface area contributed by atoms with E-state index in [0.29, 0.717) is 5.92 Å². The van der Waals surface area contributed by atoms with E-state index in [-0.39, 0.29) is 6.10 Å². The van der Waals surface area contributed by atoms with Crippen molar-refractivity contribution in [3.05, 3.63) is 35.4 Å². The molecule has 0 bridgehead atoms. The molecule has 1 N–H and O–H groups in total. The number of thioether (sulfide) groups is 1. The smallest absolute Gasteiger partial charge is 0.0670 e. The van der Waals surface area contributed by atoms with Crippen LogP contribution < -0.4 is 0 Å². The summed E-state index contributed by atoms with van der Waals surface area (Å²) in [6.07, 6.45) is 0.556. The Morgan fingerprint density at radius 3 is 2.31 bits per heavy atom. The highest BCUT2D eigenvalue weighted by atomic mass is 32.2. The Hall–Kier alpha value is -0.470. The lowest BCUT2D eigenvalue weighted by Crippen LogP contribution is -2.13. The van der Waals surface area contributed by atoms with Crippen molar-refractivity contribution in [3.8, 4) is 0 Å². The molecule has 0 radical (unpaired) electrons. The van der Waals surface area contributed by atoms with Crippen molar-refractivity contribution >= 4 is 11.8 Å². The van der Waals surface area contributed by atoms with Crippen molar-refractivity contribution in [1.29, 1.82) is 0 Å². The van der Waals surface area contributed by atoms with Gasteiger partial charge >= 0.3 is 0 Å². The number of aliphatic hydroxyl groups is 1. The zero-order valence-electron chi connectivity index (χ0n) is 10.4. The molecule has 0 aliphatic heterocycles. The third kappa shape index (κ3) is 4.58. The zero-order valence-corrected chi connectivity index (χ0v) is 11.3. The topological polar surface area (TPSA) is 20.2 Å². The molecule has 1 aromatic rings. The average molecular weight is 238 g/mol. The summed E-state index contributed by atoms with van der Waals surface area (Å²) < 4.78 is 0. The van der Waals surface area contributed by atoms with Crippen molar-refractivity contribution in [2.45, 2.75) is 39.2 Å². The van der Waals surface area contributed by atoms with E-state index in [0.717, 1.165) is 17.9 Å². The maximum absolute atomic E-state index is 9.79. The summed E-state index contributed by atoms with van der Waals surface area (Å²) in [5.74, 6) is 2.49. The van der Waals surface area contributed by atoms with E-state index in [1.807, 2.05) is 0 Å². The Balaban J connectivity index is 2.48. The third-order valence-corrected chi connectivity index (χ3v) is 3.66. The van der Waals surface area contributed by atoms with E-state index >= 15 is 0 Å². The summed E-state index contributed by atoms with van der Waals surface area (Å²) in [5.41, 5.74) is 2.59. The number of aliphatic hydroxyl groups excluding tert-OH is 1. The highest BCUT2D eigenvalue weighted by Crippen LogP contribution is 2.16. The van der Waals surface area contributed by atoms with Gasteiger partial charge in [0.05, 0.1) is 6.10 Å². The minimum atomic E-state index is -0.213. The number of rotatable bonds is 6. The van der Waals surface area contributed by atoms with Gasteiger partial charge in [0.1, 0.15) is 0 Å². The second-order valence-corrected chi connectivity index (χ2v) is 5.73. The second-order valence-electron chi connectivity index (χ2n) is 4.41. The SMILES string of the molecule is CCSCC(O)Cc1ccc(C(C)C)cc1. The van der Waals surface area contributed by atoms with Gasteiger partial charge in [-0.05, 0) is 29.2 Å². The summed E-state index contributed by atoms with van der Waals surface area (Å²) in [6.45, 7) is 6.51. The van der Waals surface area contributed by atoms with Crippen LogP contribution in [-0.2, 0) is 6.42 Å². The first-order valence-corrected chi connectivity index (χ1v) is 7.13. The van der Waals surface area contributed by atoms with Crippen LogP contribution in [-0.4, -0.2) is 22.7 Å². The molecule has 1 aromatic carbocycles. The molecule has 1 unspecified atom stereocenters. The highest BCUT2D eigenvalue weighted by Gasteiger charge is 2.05. The van der Waals surface area contributed by atoms with Crippen molar-refractivity contribution in [2.24, 2.45) is 0 Å². The van der Waals surface area contributed by atoms with Gasteiger partial charge in [-0.15, -0.1) is 0 Å². The fourth-order valence-corrected chi connectivity index (χ4v) is 2.25. The molecule has 1 rings (SSSR count). The molecule has 90 valence electrons. The van der Waals surface area contributed by atoms with Gasteiger partial charge < -0.3 is 5.11 Å². The first-order valence-electron chi connectivity index (χ1n) is 5.98. The quantitative estimate of drug-likeness (QED) is 0.819. The number of hydrogen-bond acceptors (Lipinski definition) is 2. The Bertz CT molecular complexity index is 292. The molecular weight excluding hydrogens is 216 g/mol. The van der Waals surface area contributed by atoms with E-state index < -0.39 is 0 Å². The van der Waals surface area contributed by atoms with Crippen LogP contribution in [0.2, 0.25) is 0 Å². The maximum atomic E-state index is 9.79. The van der Waals surface area contributed by atoms with Crippen LogP contribution in [0.4, 0.5) is 0 Å². The van der Waals surface area contributed by atoms with Crippen LogP contribution in [0.1, 0.15) is 37.8 Å². The van der Waals surface area contributed by atoms with Gasteiger partial charge in [-0.3, -0.25) is 0 Å². The van der Waals surface area contributed by atoms with Gasteiger partial charge in [0.2, 0.25) is 0 Å². The number of hydrogen-bond donors (Lipinski definition) is 1. The van der Waals surface area contributed by atoms with Crippen molar-refractivity contribution in [2.75, 3.05) is 11.5 Å². The van der Waals surface area contributed by atoms with Crippen LogP contribution in [0.25, 0.3) is 0 Å². The number of benzene rings is 1. The lowest BCUT2D eigenvalue weighted by molar-refractivity contribution is 0.200. The molecule has 0 saturated carbocycles. The lowest BCUT2D eigenvalue weighted by Gasteiger charge is -2.11. The predicted octanol–water partition coefficient (Wildman–Crippen LogP) is 3.47. The van der Waals surface area contributed by atoms with Gasteiger partial charge in [-0.2, -0.15) is 11.8 Å². The summed E-state index contributed by atoms with van der Waals surface area (Å²) in [5, 5.41) is 9.79. The van der Waals surface area contributed by atoms with E-state index in [1.54, 1.807) is 11.8 Å². The Morgan fingerprint density at radius 1 is 1.19 bits per heavy atom. The van der Waals surface area contributed by atoms with E-state index in [1.165, 1.54) is 11.1 Å². The standard InChI is InChI=1S/C14H22OS/c1-4-16-10-14(15)9-12-5-7-13(8-6-12)11(2)3/h5-8,11,14-15H,4,9-10H2,1-3H3. The molecular formula is C14H22OS. The molecule has 0 aliphatic carbocycles. The van der Waals surface area contributed by atoms with Crippen LogP contribution in [0.3, 0.4) is 0 Å². The van der Waals surface area contributed by atoms with Gasteiger partial charge in [0.25, 0.3) is 0 Å². The molecule has 2 heteroatoms. The van der Waals surface area contributed by atoms with Crippen molar-refractivity contribution in [3.63, 3.8) is 0 Å². The van der Waals surface area contributed by atoms with E-state index in [4.69, 9.17) is 0 Å². The lowest BCUT2D eigenvalue weighted by atomic mass is 10.00. The maximum Gasteiger partial charge on any atom is 0.0670 e. The summed E-state index contributed by atoms with van der Waals surface area (Å²) in [7, 11) is 0. The predicted molar refractivity (Wildman–Crippen MR) is 73.2 cm³/mol. The largest absolute Gasteiger partial charge is 0.392 e. The second kappa shape index (κ2) is 6.97. The summed E-state index contributed by atoms with van der Waals surface area (Å²) in [4.78, 5) is 0. The van der Waals surface area contributed by atoms with Gasteiger partial charge in [-0.1, -0.05) is 45.0 Å². The zero-order chi connectivity index (χ0) is 12.0. The van der Waals surface area contributed by atoms with Crippen LogP contribution >= 0.6 is 11.8 Å². The fourth-order valence-electron chi connectivity index (χ4n) is 1.62. The van der Waals surface area contributed by atoms with Crippen molar-refractivity contribution < 1.29 is 5.11 Å². The van der Waals surface area contributed by atoms with Gasteiger partial charge in [0, 0.05) is 5.75 Å². The molecule has 0 fully saturated rings. The van der Waals surface area contributed by atoms with Crippen LogP contribution in [0.15, 0.2) is 24.3 Å². The minimum Gasteiger partial charge on any atom is -0.392 e. The minimum absolute atomic E-state index is 0.213. The first kappa shape index (κ1) is 13.6. The molecule has 0 amide bonds. The normalized spacial score (nSPS) is 13.1. The Kier molecular flexibility index (Phi) is 5.93. The van der Waals surface area contributed by atoms with Gasteiger partial charge in [-0.25, -0.2) is 0 Å². The monoisotopic (exact) mass is 238 g/mol. The molecule has 0 aromatic heterocycles. The Labute approximate surface area is 103 Å². The van der Waals surface area contributed by atoms with Crippen molar-refractivity contribution in [1.82, 2.24) is 0 Å². The molecule has 0 aliphatic rings. The van der Waals surface area contributed by atoms with Crippen LogP contribution in [0, 0.1) is 0 Å². The summed E-state index contributed by atoms with van der Waals surface area (Å²) in [6, 6.07) is 8.60. The van der Waals surface area contributed by atoms with E-state index in [2.05, 4.69) is 45.0 Å². The molecule has 16 heavy (non-hydrogen) atoms. The molecule has 1 nitrogen and oxygen atoms in total. The third-order valence-electron chi connectivity index (χ3n) is 2.63. The first-order chi connectivity index (χ1) is 7.63.